The quantitative estimate of drug-likeness (QED) is 0.191. The zero-order valence-corrected chi connectivity index (χ0v) is 25.8. The van der Waals surface area contributed by atoms with Gasteiger partial charge in [0.05, 0.1) is 30.9 Å². The van der Waals surface area contributed by atoms with Crippen LogP contribution in [-0.2, 0) is 44.1 Å². The van der Waals surface area contributed by atoms with Gasteiger partial charge in [0.2, 0.25) is 5.91 Å². The Morgan fingerprint density at radius 2 is 1.74 bits per heavy atom. The van der Waals surface area contributed by atoms with Crippen LogP contribution < -0.4 is 10.2 Å². The molecule has 6 rings (SSSR count). The van der Waals surface area contributed by atoms with Crippen LogP contribution >= 0.6 is 11.8 Å². The number of carbonyl (C=O) groups is 3. The molecule has 0 spiro atoms. The van der Waals surface area contributed by atoms with Crippen LogP contribution in [0.25, 0.3) is 0 Å². The Morgan fingerprint density at radius 1 is 1.00 bits per heavy atom. The number of nitrogens with zero attached hydrogens (tertiary/aromatic N) is 4. The van der Waals surface area contributed by atoms with E-state index in [1.165, 1.54) is 0 Å². The lowest BCUT2D eigenvalue weighted by molar-refractivity contribution is -0.245. The number of imide groups is 1. The van der Waals surface area contributed by atoms with Gasteiger partial charge in [-0.2, -0.15) is 0 Å². The van der Waals surface area contributed by atoms with E-state index in [1.807, 2.05) is 66.2 Å². The molecule has 0 radical (unpaired) electrons. The molecule has 4 aromatic rings. The molecule has 0 bridgehead atoms. The van der Waals surface area contributed by atoms with Gasteiger partial charge in [-0.3, -0.25) is 9.59 Å². The van der Waals surface area contributed by atoms with Gasteiger partial charge in [-0.25, -0.2) is 9.69 Å². The molecular weight excluding hydrogens is 610 g/mol. The number of hydrogen-bond donors (Lipinski definition) is 2. The Balaban J connectivity index is 1.12. The number of carbonyl (C=O) groups excluding carboxylic acids is 3. The third-order valence-electron chi connectivity index (χ3n) is 7.76. The van der Waals surface area contributed by atoms with Crippen LogP contribution in [0.15, 0.2) is 90.3 Å². The topological polar surface area (TPSA) is 145 Å². The average Bonchev–Trinajstić information content (AvgIpc) is 3.63. The largest absolute Gasteiger partial charge is 0.445 e. The second-order valence-corrected chi connectivity index (χ2v) is 12.0. The van der Waals surface area contributed by atoms with Gasteiger partial charge in [-0.05, 0) is 28.8 Å². The van der Waals surface area contributed by atoms with Crippen molar-refractivity contribution < 1.29 is 33.7 Å². The highest BCUT2D eigenvalue weighted by Gasteiger charge is 2.41. The molecule has 2 fully saturated rings. The predicted molar refractivity (Wildman–Crippen MR) is 167 cm³/mol. The lowest BCUT2D eigenvalue weighted by Crippen LogP contribution is -2.42. The summed E-state index contributed by atoms with van der Waals surface area (Å²) in [6.45, 7) is 0.00460. The van der Waals surface area contributed by atoms with Crippen molar-refractivity contribution in [1.29, 1.82) is 0 Å². The number of aliphatic hydroxyl groups is 1. The Morgan fingerprint density at radius 3 is 2.43 bits per heavy atom. The minimum Gasteiger partial charge on any atom is -0.445 e. The molecule has 1 unspecified atom stereocenters. The highest BCUT2D eigenvalue weighted by atomic mass is 32.2. The van der Waals surface area contributed by atoms with Crippen molar-refractivity contribution in [2.45, 2.75) is 55.8 Å². The molecule has 0 aliphatic carbocycles. The maximum atomic E-state index is 13.2. The van der Waals surface area contributed by atoms with Crippen molar-refractivity contribution in [3.63, 3.8) is 0 Å². The lowest BCUT2D eigenvalue weighted by atomic mass is 10.0. The normalized spacial score (nSPS) is 21.4. The van der Waals surface area contributed by atoms with E-state index in [4.69, 9.17) is 14.2 Å². The zero-order chi connectivity index (χ0) is 32.0. The Hall–Kier alpha value is -4.56. The smallest absolute Gasteiger partial charge is 0.408 e. The predicted octanol–water partition coefficient (Wildman–Crippen LogP) is 4.20. The summed E-state index contributed by atoms with van der Waals surface area (Å²) in [5.74, 6) is -0.343. The molecule has 4 atom stereocenters. The summed E-state index contributed by atoms with van der Waals surface area (Å²) in [7, 11) is 1.88. The van der Waals surface area contributed by atoms with Crippen molar-refractivity contribution in [2.75, 3.05) is 10.7 Å². The number of aryl methyl sites for hydroxylation is 1. The summed E-state index contributed by atoms with van der Waals surface area (Å²) >= 11 is 1.54. The molecule has 3 amide bonds. The summed E-state index contributed by atoms with van der Waals surface area (Å²) < 4.78 is 19.9. The third-order valence-corrected chi connectivity index (χ3v) is 8.92. The number of anilines is 1. The van der Waals surface area contributed by atoms with Gasteiger partial charge < -0.3 is 29.2 Å². The molecule has 2 aliphatic rings. The molecule has 2 N–H and O–H groups in total. The van der Waals surface area contributed by atoms with Crippen LogP contribution in [0.1, 0.15) is 47.5 Å². The molecule has 3 aromatic carbocycles. The van der Waals surface area contributed by atoms with Crippen molar-refractivity contribution in [3.8, 4) is 0 Å². The first-order valence-electron chi connectivity index (χ1n) is 14.8. The minimum absolute atomic E-state index is 0.0436. The number of rotatable bonds is 10. The van der Waals surface area contributed by atoms with E-state index in [0.29, 0.717) is 23.4 Å². The summed E-state index contributed by atoms with van der Waals surface area (Å²) in [4.78, 5) is 39.4. The molecule has 3 heterocycles. The highest BCUT2D eigenvalue weighted by molar-refractivity contribution is 7.99. The standard InChI is InChI=1S/C33H33N5O7S/c1-37-20-34-36-32(37)46-19-26-15-28(23-9-7-21(17-39)8-10-23)45-31(44-26)24-11-13-25(14-12-24)38-29(40)16-27(30(38)41)35-33(42)43-18-22-5-3-2-4-6-22/h2-14,20,26-28,31,39H,15-19H2,1H3,(H,35,42)/t26-,27?,28+,31+/m0/s1. The van der Waals surface area contributed by atoms with Gasteiger partial charge in [0, 0.05) is 24.8 Å². The van der Waals surface area contributed by atoms with Crippen LogP contribution in [-0.4, -0.2) is 55.7 Å². The van der Waals surface area contributed by atoms with E-state index in [0.717, 1.165) is 26.7 Å². The number of aromatic nitrogens is 3. The maximum absolute atomic E-state index is 13.2. The Labute approximate surface area is 269 Å². The fourth-order valence-electron chi connectivity index (χ4n) is 5.30. The molecule has 1 aromatic heterocycles. The SMILES string of the molecule is Cn1cnnc1SC[C@@H]1C[C@H](c2ccc(CO)cc2)O[C@H](c2ccc(N3C(=O)CC(NC(=O)OCc4ccccc4)C3=O)cc2)O1. The molecule has 2 saturated heterocycles. The molecule has 0 saturated carbocycles. The molecule has 13 heteroatoms. The van der Waals surface area contributed by atoms with E-state index >= 15 is 0 Å². The third kappa shape index (κ3) is 7.29. The lowest BCUT2D eigenvalue weighted by Gasteiger charge is -2.36. The Kier molecular flexibility index (Phi) is 9.73. The van der Waals surface area contributed by atoms with Crippen molar-refractivity contribution >= 4 is 35.4 Å². The zero-order valence-electron chi connectivity index (χ0n) is 25.0. The van der Waals surface area contributed by atoms with Gasteiger partial charge in [-0.1, -0.05) is 78.5 Å². The van der Waals surface area contributed by atoms with Gasteiger partial charge in [0.1, 0.15) is 19.0 Å². The number of ether oxygens (including phenoxy) is 3. The number of alkyl carbamates (subject to hydrolysis) is 1. The van der Waals surface area contributed by atoms with Crippen LogP contribution in [0.4, 0.5) is 10.5 Å². The highest BCUT2D eigenvalue weighted by Crippen LogP contribution is 2.40. The molecular formula is C33H33N5O7S. The summed E-state index contributed by atoms with van der Waals surface area (Å²) in [5, 5.41) is 20.8. The number of thioether (sulfide) groups is 1. The first-order chi connectivity index (χ1) is 22.4. The fourth-order valence-corrected chi connectivity index (χ4v) is 6.20. The number of nitrogens with one attached hydrogen (secondary N) is 1. The molecule has 2 aliphatic heterocycles. The van der Waals surface area contributed by atoms with Crippen molar-refractivity contribution in [1.82, 2.24) is 20.1 Å². The van der Waals surface area contributed by atoms with E-state index < -0.39 is 30.2 Å². The van der Waals surface area contributed by atoms with Gasteiger partial charge in [-0.15, -0.1) is 10.2 Å². The molecule has 46 heavy (non-hydrogen) atoms. The molecule has 238 valence electrons. The second kappa shape index (κ2) is 14.3. The average molecular weight is 644 g/mol. The van der Waals surface area contributed by atoms with Crippen molar-refractivity contribution in [2.24, 2.45) is 7.05 Å². The van der Waals surface area contributed by atoms with E-state index in [1.54, 1.807) is 42.4 Å². The number of hydrogen-bond acceptors (Lipinski definition) is 10. The van der Waals surface area contributed by atoms with Crippen molar-refractivity contribution in [3.05, 3.63) is 107 Å². The summed E-state index contributed by atoms with van der Waals surface area (Å²) in [6, 6.07) is 22.6. The van der Waals surface area contributed by atoms with Crippen LogP contribution in [0.3, 0.4) is 0 Å². The summed E-state index contributed by atoms with van der Waals surface area (Å²) in [6.07, 6.45) is 0.146. The van der Waals surface area contributed by atoms with E-state index in [-0.39, 0.29) is 31.8 Å². The van der Waals surface area contributed by atoms with Crippen LogP contribution in [0.2, 0.25) is 0 Å². The fraction of sp³-hybridized carbons (Fsp3) is 0.303. The van der Waals surface area contributed by atoms with E-state index in [2.05, 4.69) is 15.5 Å². The monoisotopic (exact) mass is 643 g/mol. The van der Waals surface area contributed by atoms with Crippen LogP contribution in [0.5, 0.6) is 0 Å². The summed E-state index contributed by atoms with van der Waals surface area (Å²) in [5.41, 5.74) is 3.67. The Bertz CT molecular complexity index is 1670. The second-order valence-electron chi connectivity index (χ2n) is 11.0. The number of benzene rings is 3. The van der Waals surface area contributed by atoms with Gasteiger partial charge in [0.15, 0.2) is 11.4 Å². The van der Waals surface area contributed by atoms with Gasteiger partial charge in [0.25, 0.3) is 5.91 Å². The number of aliphatic hydroxyl groups excluding tert-OH is 1. The van der Waals surface area contributed by atoms with Crippen LogP contribution in [0, 0.1) is 0 Å². The first-order valence-corrected chi connectivity index (χ1v) is 15.8. The van der Waals surface area contributed by atoms with E-state index in [9.17, 15) is 19.5 Å². The molecule has 12 nitrogen and oxygen atoms in total. The minimum atomic E-state index is -1.02. The maximum Gasteiger partial charge on any atom is 0.408 e. The number of amides is 3. The first kappa shape index (κ1) is 31.4. The van der Waals surface area contributed by atoms with Gasteiger partial charge >= 0.3 is 6.09 Å².